The maximum absolute atomic E-state index is 13.0. The van der Waals surface area contributed by atoms with Crippen molar-refractivity contribution >= 4 is 11.9 Å². The highest BCUT2D eigenvalue weighted by molar-refractivity contribution is 5.88. The summed E-state index contributed by atoms with van der Waals surface area (Å²) in [5, 5.41) is 12.6. The Morgan fingerprint density at radius 2 is 1.91 bits per heavy atom. The number of carboxylic acids is 1. The van der Waals surface area contributed by atoms with E-state index in [0.29, 0.717) is 31.8 Å². The van der Waals surface area contributed by atoms with Crippen LogP contribution in [-0.4, -0.2) is 33.6 Å². The minimum atomic E-state index is -1.09. The molecular formula is C28H38N2O5. The topological polar surface area (TPSA) is 102 Å². The molecule has 2 aromatic rings. The third kappa shape index (κ3) is 5.61. The predicted octanol–water partition coefficient (Wildman–Crippen LogP) is 5.67. The summed E-state index contributed by atoms with van der Waals surface area (Å²) in [5.74, 6) is 0.311. The zero-order chi connectivity index (χ0) is 25.2. The molecule has 1 aromatic carbocycles. The predicted molar refractivity (Wildman–Crippen MR) is 133 cm³/mol. The van der Waals surface area contributed by atoms with Crippen LogP contribution in [0, 0.1) is 19.8 Å². The molecule has 0 aliphatic heterocycles. The minimum Gasteiger partial charge on any atom is -0.480 e. The van der Waals surface area contributed by atoms with Crippen molar-refractivity contribution in [3.05, 3.63) is 40.8 Å². The van der Waals surface area contributed by atoms with Crippen LogP contribution in [0.15, 0.2) is 22.6 Å². The number of hydrogen-bond acceptors (Lipinski definition) is 5. The van der Waals surface area contributed by atoms with Crippen LogP contribution in [0.1, 0.15) is 93.7 Å². The van der Waals surface area contributed by atoms with Gasteiger partial charge >= 0.3 is 5.97 Å². The maximum atomic E-state index is 13.0. The molecule has 7 heteroatoms. The maximum Gasteiger partial charge on any atom is 0.329 e. The molecule has 1 aromatic heterocycles. The standard InChI is InChI=1S/C28H38N2O5/c1-17(2)24-23(29-26(35-24)21-11-10-18(3)19(4)14-21)16-34-22-9-7-8-20(15-22)25(31)30-28(27(32)33)12-5-6-13-28/h10-11,14,17,20,22H,5-9,12-13,15-16H2,1-4H3,(H,30,31)(H,32,33). The Morgan fingerprint density at radius 3 is 2.57 bits per heavy atom. The Labute approximate surface area is 207 Å². The summed E-state index contributed by atoms with van der Waals surface area (Å²) < 4.78 is 12.4. The SMILES string of the molecule is Cc1ccc(-c2nc(COC3CCCC(C(=O)NC4(C(=O)O)CCCC4)C3)c(C(C)C)o2)cc1C. The third-order valence-corrected chi connectivity index (χ3v) is 7.69. The molecule has 0 spiro atoms. The van der Waals surface area contributed by atoms with Crippen LogP contribution in [0.5, 0.6) is 0 Å². The molecule has 2 fully saturated rings. The highest BCUT2D eigenvalue weighted by Crippen LogP contribution is 2.34. The van der Waals surface area contributed by atoms with Gasteiger partial charge in [-0.05, 0) is 69.2 Å². The summed E-state index contributed by atoms with van der Waals surface area (Å²) in [6, 6.07) is 6.20. The van der Waals surface area contributed by atoms with Crippen molar-refractivity contribution in [3.8, 4) is 11.5 Å². The lowest BCUT2D eigenvalue weighted by atomic mass is 9.85. The molecule has 2 N–H and O–H groups in total. The Morgan fingerprint density at radius 1 is 1.17 bits per heavy atom. The van der Waals surface area contributed by atoms with Crippen molar-refractivity contribution in [3.63, 3.8) is 0 Å². The van der Waals surface area contributed by atoms with Crippen LogP contribution in [0.4, 0.5) is 0 Å². The number of carbonyl (C=O) groups is 2. The van der Waals surface area contributed by atoms with Gasteiger partial charge in [-0.1, -0.05) is 39.2 Å². The molecule has 190 valence electrons. The number of nitrogens with one attached hydrogen (secondary N) is 1. The molecule has 4 rings (SSSR count). The largest absolute Gasteiger partial charge is 0.480 e. The number of amides is 1. The second-order valence-electron chi connectivity index (χ2n) is 10.7. The van der Waals surface area contributed by atoms with E-state index in [1.807, 2.05) is 6.07 Å². The molecular weight excluding hydrogens is 444 g/mol. The molecule has 2 aliphatic carbocycles. The summed E-state index contributed by atoms with van der Waals surface area (Å²) in [6.45, 7) is 8.66. The quantitative estimate of drug-likeness (QED) is 0.503. The van der Waals surface area contributed by atoms with Crippen LogP contribution < -0.4 is 5.32 Å². The van der Waals surface area contributed by atoms with Gasteiger partial charge in [0.15, 0.2) is 0 Å². The third-order valence-electron chi connectivity index (χ3n) is 7.69. The van der Waals surface area contributed by atoms with Gasteiger partial charge in [0.05, 0.1) is 12.7 Å². The first-order valence-corrected chi connectivity index (χ1v) is 12.9. The summed E-state index contributed by atoms with van der Waals surface area (Å²) >= 11 is 0. The smallest absolute Gasteiger partial charge is 0.329 e. The molecule has 2 aliphatic rings. The number of nitrogens with zero attached hydrogens (tertiary/aromatic N) is 1. The van der Waals surface area contributed by atoms with Crippen LogP contribution in [0.25, 0.3) is 11.5 Å². The van der Waals surface area contributed by atoms with Crippen LogP contribution in [0.2, 0.25) is 0 Å². The molecule has 2 saturated carbocycles. The molecule has 1 amide bonds. The molecule has 2 atom stereocenters. The van der Waals surface area contributed by atoms with Gasteiger partial charge in [0.1, 0.15) is 17.0 Å². The summed E-state index contributed by atoms with van der Waals surface area (Å²) in [4.78, 5) is 29.6. The summed E-state index contributed by atoms with van der Waals surface area (Å²) in [7, 11) is 0. The molecule has 2 unspecified atom stereocenters. The van der Waals surface area contributed by atoms with Gasteiger partial charge in [0.25, 0.3) is 0 Å². The Hall–Kier alpha value is -2.67. The van der Waals surface area contributed by atoms with Gasteiger partial charge in [-0.15, -0.1) is 0 Å². The highest BCUT2D eigenvalue weighted by atomic mass is 16.5. The zero-order valence-electron chi connectivity index (χ0n) is 21.4. The summed E-state index contributed by atoms with van der Waals surface area (Å²) in [5.41, 5.74) is 3.08. The van der Waals surface area contributed by atoms with E-state index in [-0.39, 0.29) is 23.8 Å². The average molecular weight is 483 g/mol. The number of carboxylic acid groups (broad SMARTS) is 1. The minimum absolute atomic E-state index is 0.0642. The molecule has 0 bridgehead atoms. The van der Waals surface area contributed by atoms with Crippen molar-refractivity contribution in [1.82, 2.24) is 10.3 Å². The van der Waals surface area contributed by atoms with E-state index in [2.05, 4.69) is 45.1 Å². The van der Waals surface area contributed by atoms with Crippen molar-refractivity contribution in [1.29, 1.82) is 0 Å². The van der Waals surface area contributed by atoms with Crippen molar-refractivity contribution in [2.45, 2.75) is 103 Å². The lowest BCUT2D eigenvalue weighted by molar-refractivity contribution is -0.148. The van der Waals surface area contributed by atoms with E-state index in [4.69, 9.17) is 14.1 Å². The number of ether oxygens (including phenoxy) is 1. The van der Waals surface area contributed by atoms with E-state index in [1.54, 1.807) is 0 Å². The van der Waals surface area contributed by atoms with Gasteiger partial charge in [0, 0.05) is 17.4 Å². The van der Waals surface area contributed by atoms with E-state index in [1.165, 1.54) is 11.1 Å². The second kappa shape index (κ2) is 10.5. The van der Waals surface area contributed by atoms with Gasteiger partial charge in [-0.2, -0.15) is 0 Å². The Balaban J connectivity index is 1.41. The normalized spacial score (nSPS) is 21.9. The number of aryl methyl sites for hydroxylation is 2. The number of aliphatic carboxylic acids is 1. The average Bonchev–Trinajstić information content (AvgIpc) is 3.48. The zero-order valence-corrected chi connectivity index (χ0v) is 21.4. The Kier molecular flexibility index (Phi) is 7.64. The lowest BCUT2D eigenvalue weighted by Crippen LogP contribution is -2.54. The number of aromatic nitrogens is 1. The fourth-order valence-corrected chi connectivity index (χ4v) is 5.36. The van der Waals surface area contributed by atoms with Crippen LogP contribution in [-0.2, 0) is 20.9 Å². The number of rotatable bonds is 8. The Bertz CT molecular complexity index is 1070. The van der Waals surface area contributed by atoms with E-state index < -0.39 is 11.5 Å². The molecule has 35 heavy (non-hydrogen) atoms. The molecule has 0 radical (unpaired) electrons. The fraction of sp³-hybridized carbons (Fsp3) is 0.607. The van der Waals surface area contributed by atoms with Gasteiger partial charge < -0.3 is 19.6 Å². The van der Waals surface area contributed by atoms with Crippen molar-refractivity contribution in [2.24, 2.45) is 5.92 Å². The van der Waals surface area contributed by atoms with Gasteiger partial charge in [0.2, 0.25) is 11.8 Å². The fourth-order valence-electron chi connectivity index (χ4n) is 5.36. The van der Waals surface area contributed by atoms with E-state index in [0.717, 1.165) is 49.1 Å². The second-order valence-corrected chi connectivity index (χ2v) is 10.7. The van der Waals surface area contributed by atoms with E-state index in [9.17, 15) is 14.7 Å². The number of carbonyl (C=O) groups excluding carboxylic acids is 1. The molecule has 1 heterocycles. The van der Waals surface area contributed by atoms with Crippen LogP contribution >= 0.6 is 0 Å². The first kappa shape index (κ1) is 25.4. The number of benzene rings is 1. The van der Waals surface area contributed by atoms with Crippen LogP contribution in [0.3, 0.4) is 0 Å². The first-order chi connectivity index (χ1) is 16.7. The summed E-state index contributed by atoms with van der Waals surface area (Å²) in [6.07, 6.45) is 5.75. The van der Waals surface area contributed by atoms with Gasteiger partial charge in [-0.25, -0.2) is 9.78 Å². The monoisotopic (exact) mass is 482 g/mol. The van der Waals surface area contributed by atoms with Crippen molar-refractivity contribution < 1.29 is 23.8 Å². The molecule has 0 saturated heterocycles. The highest BCUT2D eigenvalue weighted by Gasteiger charge is 2.44. The van der Waals surface area contributed by atoms with Gasteiger partial charge in [-0.3, -0.25) is 4.79 Å². The first-order valence-electron chi connectivity index (χ1n) is 12.9. The van der Waals surface area contributed by atoms with E-state index >= 15 is 0 Å². The van der Waals surface area contributed by atoms with Crippen molar-refractivity contribution in [2.75, 3.05) is 0 Å². The number of oxazole rings is 1. The molecule has 7 nitrogen and oxygen atoms in total. The number of hydrogen-bond donors (Lipinski definition) is 2. The lowest BCUT2D eigenvalue weighted by Gasteiger charge is -2.32.